The van der Waals surface area contributed by atoms with E-state index in [9.17, 15) is 22.8 Å². The number of ether oxygens (including phenoxy) is 2. The third kappa shape index (κ3) is 7.12. The number of amides is 2. The first-order valence-corrected chi connectivity index (χ1v) is 10.9. The number of carbonyl (C=O) groups is 2. The van der Waals surface area contributed by atoms with Crippen LogP contribution in [0.3, 0.4) is 0 Å². The highest BCUT2D eigenvalue weighted by Crippen LogP contribution is 2.37. The zero-order valence-corrected chi connectivity index (χ0v) is 20.0. The van der Waals surface area contributed by atoms with Crippen LogP contribution in [0, 0.1) is 0 Å². The van der Waals surface area contributed by atoms with Gasteiger partial charge in [-0.05, 0) is 42.0 Å². The number of anilines is 1. The topological polar surface area (TPSA) is 89.0 Å². The number of benzene rings is 3. The van der Waals surface area contributed by atoms with E-state index in [1.165, 1.54) is 31.5 Å². The van der Waals surface area contributed by atoms with Crippen molar-refractivity contribution in [2.24, 2.45) is 5.10 Å². The lowest BCUT2D eigenvalue weighted by Gasteiger charge is -2.14. The zero-order valence-electron chi connectivity index (χ0n) is 18.5. The van der Waals surface area contributed by atoms with Crippen molar-refractivity contribution in [2.75, 3.05) is 12.4 Å². The molecule has 0 aromatic heterocycles. The molecule has 0 aliphatic rings. The molecule has 3 aromatic carbocycles. The summed E-state index contributed by atoms with van der Waals surface area (Å²) in [5, 5.41) is 6.47. The average Bonchev–Trinajstić information content (AvgIpc) is 2.83. The normalized spacial score (nSPS) is 11.3. The predicted molar refractivity (Wildman–Crippen MR) is 130 cm³/mol. The van der Waals surface area contributed by atoms with Gasteiger partial charge in [0.25, 0.3) is 0 Å². The molecule has 0 aliphatic carbocycles. The molecule has 0 saturated carbocycles. The third-order valence-electron chi connectivity index (χ3n) is 4.62. The molecule has 0 heterocycles. The standard InChI is InChI=1S/C24H18Cl2F3N3O4/c1-35-20-10-14(9-19(26)21(20)36-13-15-5-2-3-8-18(15)25)12-30-32-23(34)22(33)31-17-7-4-6-16(11-17)24(27,28)29/h2-12H,13H2,1H3,(H,31,33)(H,32,34)/b30-12-. The van der Waals surface area contributed by atoms with E-state index in [2.05, 4.69) is 10.4 Å². The van der Waals surface area contributed by atoms with Crippen LogP contribution in [0.15, 0.2) is 65.8 Å². The first kappa shape index (κ1) is 26.8. The van der Waals surface area contributed by atoms with E-state index in [1.807, 2.05) is 11.5 Å². The number of nitrogens with one attached hydrogen (secondary N) is 2. The van der Waals surface area contributed by atoms with Gasteiger partial charge in [-0.25, -0.2) is 5.43 Å². The number of hydrogen-bond donors (Lipinski definition) is 2. The van der Waals surface area contributed by atoms with Gasteiger partial charge in [-0.1, -0.05) is 47.5 Å². The summed E-state index contributed by atoms with van der Waals surface area (Å²) in [6.07, 6.45) is -3.40. The van der Waals surface area contributed by atoms with E-state index in [0.717, 1.165) is 17.7 Å². The molecule has 0 saturated heterocycles. The Bertz CT molecular complexity index is 1300. The van der Waals surface area contributed by atoms with Gasteiger partial charge in [0.15, 0.2) is 11.5 Å². The minimum atomic E-state index is -4.59. The molecule has 3 aromatic rings. The molecule has 12 heteroatoms. The van der Waals surface area contributed by atoms with Crippen LogP contribution in [0.1, 0.15) is 16.7 Å². The van der Waals surface area contributed by atoms with Crippen molar-refractivity contribution in [3.8, 4) is 11.5 Å². The van der Waals surface area contributed by atoms with E-state index in [4.69, 9.17) is 32.7 Å². The van der Waals surface area contributed by atoms with Crippen LogP contribution >= 0.6 is 23.2 Å². The summed E-state index contributed by atoms with van der Waals surface area (Å²) < 4.78 is 49.5. The Morgan fingerprint density at radius 2 is 1.75 bits per heavy atom. The molecule has 2 N–H and O–H groups in total. The fraction of sp³-hybridized carbons (Fsp3) is 0.125. The summed E-state index contributed by atoms with van der Waals surface area (Å²) in [5.41, 5.74) is 1.97. The van der Waals surface area contributed by atoms with Gasteiger partial charge in [-0.3, -0.25) is 9.59 Å². The number of rotatable bonds is 7. The van der Waals surface area contributed by atoms with E-state index in [0.29, 0.717) is 16.7 Å². The van der Waals surface area contributed by atoms with Crippen molar-refractivity contribution in [1.29, 1.82) is 0 Å². The fourth-order valence-electron chi connectivity index (χ4n) is 2.90. The van der Waals surface area contributed by atoms with E-state index < -0.39 is 23.6 Å². The van der Waals surface area contributed by atoms with Crippen molar-refractivity contribution in [2.45, 2.75) is 12.8 Å². The molecule has 7 nitrogen and oxygen atoms in total. The van der Waals surface area contributed by atoms with Crippen LogP contribution in [-0.4, -0.2) is 25.1 Å². The van der Waals surface area contributed by atoms with Crippen LogP contribution < -0.4 is 20.2 Å². The first-order valence-electron chi connectivity index (χ1n) is 10.1. The minimum Gasteiger partial charge on any atom is -0.493 e. The molecule has 2 amide bonds. The Morgan fingerprint density at radius 3 is 2.44 bits per heavy atom. The molecule has 0 bridgehead atoms. The van der Waals surface area contributed by atoms with Crippen molar-refractivity contribution in [1.82, 2.24) is 5.43 Å². The van der Waals surface area contributed by atoms with Crippen LogP contribution in [-0.2, 0) is 22.4 Å². The fourth-order valence-corrected chi connectivity index (χ4v) is 3.36. The largest absolute Gasteiger partial charge is 0.493 e. The Labute approximate surface area is 213 Å². The maximum absolute atomic E-state index is 12.8. The minimum absolute atomic E-state index is 0.139. The van der Waals surface area contributed by atoms with Gasteiger partial charge in [0, 0.05) is 16.3 Å². The molecule has 0 atom stereocenters. The lowest BCUT2D eigenvalue weighted by Crippen LogP contribution is -2.32. The van der Waals surface area contributed by atoms with Gasteiger partial charge in [0.2, 0.25) is 0 Å². The summed E-state index contributed by atoms with van der Waals surface area (Å²) >= 11 is 12.4. The average molecular weight is 540 g/mol. The van der Waals surface area contributed by atoms with Crippen LogP contribution in [0.2, 0.25) is 10.0 Å². The number of nitrogens with zero attached hydrogens (tertiary/aromatic N) is 1. The quantitative estimate of drug-likeness (QED) is 0.229. The molecule has 0 unspecified atom stereocenters. The van der Waals surface area contributed by atoms with Crippen LogP contribution in [0.5, 0.6) is 11.5 Å². The molecule has 188 valence electrons. The van der Waals surface area contributed by atoms with Gasteiger partial charge in [-0.2, -0.15) is 18.3 Å². The van der Waals surface area contributed by atoms with E-state index in [1.54, 1.807) is 18.2 Å². The molecule has 36 heavy (non-hydrogen) atoms. The van der Waals surface area contributed by atoms with E-state index >= 15 is 0 Å². The zero-order chi connectivity index (χ0) is 26.3. The number of halogens is 5. The van der Waals surface area contributed by atoms with Crippen molar-refractivity contribution < 1.29 is 32.2 Å². The number of carbonyl (C=O) groups excluding carboxylic acids is 2. The SMILES string of the molecule is COc1cc(/C=N\NC(=O)C(=O)Nc2cccc(C(F)(F)F)c2)cc(Cl)c1OCc1ccccc1Cl. The van der Waals surface area contributed by atoms with Crippen molar-refractivity contribution in [3.05, 3.63) is 87.4 Å². The van der Waals surface area contributed by atoms with Gasteiger partial charge in [0.1, 0.15) is 6.61 Å². The highest BCUT2D eigenvalue weighted by atomic mass is 35.5. The second kappa shape index (κ2) is 11.8. The van der Waals surface area contributed by atoms with Crippen LogP contribution in [0.4, 0.5) is 18.9 Å². The van der Waals surface area contributed by atoms with Gasteiger partial charge < -0.3 is 14.8 Å². The molecular weight excluding hydrogens is 522 g/mol. The van der Waals surface area contributed by atoms with Crippen LogP contribution in [0.25, 0.3) is 0 Å². The number of hydrogen-bond acceptors (Lipinski definition) is 5. The van der Waals surface area contributed by atoms with Crippen molar-refractivity contribution in [3.63, 3.8) is 0 Å². The Kier molecular flexibility index (Phi) is 8.78. The third-order valence-corrected chi connectivity index (χ3v) is 5.26. The Morgan fingerprint density at radius 1 is 1.00 bits per heavy atom. The Balaban J connectivity index is 1.63. The number of hydrazone groups is 1. The molecule has 0 fully saturated rings. The maximum Gasteiger partial charge on any atom is 0.416 e. The van der Waals surface area contributed by atoms with Crippen molar-refractivity contribution >= 4 is 46.9 Å². The number of methoxy groups -OCH3 is 1. The monoisotopic (exact) mass is 539 g/mol. The summed E-state index contributed by atoms with van der Waals surface area (Å²) in [7, 11) is 1.41. The van der Waals surface area contributed by atoms with Gasteiger partial charge in [0.05, 0.1) is 23.9 Å². The highest BCUT2D eigenvalue weighted by Gasteiger charge is 2.30. The number of alkyl halides is 3. The maximum atomic E-state index is 12.8. The molecule has 0 radical (unpaired) electrons. The molecular formula is C24H18Cl2F3N3O4. The first-order chi connectivity index (χ1) is 17.1. The molecule has 0 aliphatic heterocycles. The summed E-state index contributed by atoms with van der Waals surface area (Å²) in [5.74, 6) is -1.85. The lowest BCUT2D eigenvalue weighted by atomic mass is 10.2. The highest BCUT2D eigenvalue weighted by molar-refractivity contribution is 6.39. The smallest absolute Gasteiger partial charge is 0.416 e. The summed E-state index contributed by atoms with van der Waals surface area (Å²) in [4.78, 5) is 24.0. The van der Waals surface area contributed by atoms with Gasteiger partial charge >= 0.3 is 18.0 Å². The molecule has 3 rings (SSSR count). The second-order valence-corrected chi connectivity index (χ2v) is 7.96. The van der Waals surface area contributed by atoms with E-state index in [-0.39, 0.29) is 28.8 Å². The summed E-state index contributed by atoms with van der Waals surface area (Å²) in [6, 6.07) is 14.0. The lowest BCUT2D eigenvalue weighted by molar-refractivity contribution is -0.137. The Hall–Kier alpha value is -3.76. The summed E-state index contributed by atoms with van der Waals surface area (Å²) in [6.45, 7) is 0.139. The van der Waals surface area contributed by atoms with Gasteiger partial charge in [-0.15, -0.1) is 0 Å². The molecule has 0 spiro atoms. The predicted octanol–water partition coefficient (Wildman–Crippen LogP) is 5.69. The second-order valence-electron chi connectivity index (χ2n) is 7.15.